The zero-order valence-electron chi connectivity index (χ0n) is 13.0. The van der Waals surface area contributed by atoms with Crippen molar-refractivity contribution in [3.8, 4) is 0 Å². The van der Waals surface area contributed by atoms with Gasteiger partial charge in [-0.3, -0.25) is 9.59 Å². The molecule has 1 fully saturated rings. The molecular formula is C17H25N3O2. The minimum Gasteiger partial charge on any atom is -0.354 e. The molecule has 2 rings (SSSR count). The molecule has 3 N–H and O–H groups in total. The van der Waals surface area contributed by atoms with Crippen molar-refractivity contribution in [3.63, 3.8) is 0 Å². The smallest absolute Gasteiger partial charge is 0.237 e. The van der Waals surface area contributed by atoms with Crippen molar-refractivity contribution in [2.75, 3.05) is 19.6 Å². The fourth-order valence-electron chi connectivity index (χ4n) is 2.69. The van der Waals surface area contributed by atoms with E-state index in [1.165, 1.54) is 6.42 Å². The van der Waals surface area contributed by atoms with Gasteiger partial charge < -0.3 is 16.0 Å². The molecule has 5 heteroatoms. The number of rotatable bonds is 6. The highest BCUT2D eigenvalue weighted by Crippen LogP contribution is 2.09. The molecule has 2 amide bonds. The minimum absolute atomic E-state index is 0.122. The first kappa shape index (κ1) is 16.5. The third-order valence-corrected chi connectivity index (χ3v) is 3.98. The van der Waals surface area contributed by atoms with Gasteiger partial charge in [-0.05, 0) is 31.2 Å². The molecule has 0 saturated carbocycles. The summed E-state index contributed by atoms with van der Waals surface area (Å²) in [6, 6.07) is 9.11. The predicted octanol–water partition coefficient (Wildman–Crippen LogP) is 1.08. The van der Waals surface area contributed by atoms with Gasteiger partial charge in [0.1, 0.15) is 0 Å². The highest BCUT2D eigenvalue weighted by Gasteiger charge is 2.17. The molecule has 0 bridgehead atoms. The van der Waals surface area contributed by atoms with E-state index in [-0.39, 0.29) is 11.8 Å². The Bertz CT molecular complexity index is 484. The molecule has 1 saturated heterocycles. The summed E-state index contributed by atoms with van der Waals surface area (Å²) in [5.41, 5.74) is 6.94. The van der Waals surface area contributed by atoms with Gasteiger partial charge in [0.05, 0.1) is 6.04 Å². The minimum atomic E-state index is -0.576. The van der Waals surface area contributed by atoms with E-state index in [1.807, 2.05) is 35.2 Å². The first-order valence-corrected chi connectivity index (χ1v) is 8.02. The molecular weight excluding hydrogens is 278 g/mol. The number of nitrogens with two attached hydrogens (primary N) is 1. The van der Waals surface area contributed by atoms with Crippen LogP contribution in [0.15, 0.2) is 30.3 Å². The number of nitrogens with zero attached hydrogens (tertiary/aromatic N) is 1. The lowest BCUT2D eigenvalue weighted by atomic mass is 10.1. The Morgan fingerprint density at radius 1 is 1.14 bits per heavy atom. The lowest BCUT2D eigenvalue weighted by Gasteiger charge is -2.26. The molecule has 1 aliphatic rings. The van der Waals surface area contributed by atoms with Crippen molar-refractivity contribution in [3.05, 3.63) is 35.9 Å². The second kappa shape index (κ2) is 8.54. The molecule has 1 heterocycles. The van der Waals surface area contributed by atoms with E-state index >= 15 is 0 Å². The average molecular weight is 303 g/mol. The maximum atomic E-state index is 12.0. The number of likely N-dealkylation sites (tertiary alicyclic amines) is 1. The third kappa shape index (κ3) is 5.15. The van der Waals surface area contributed by atoms with Crippen LogP contribution in [0.2, 0.25) is 0 Å². The van der Waals surface area contributed by atoms with Crippen LogP contribution >= 0.6 is 0 Å². The summed E-state index contributed by atoms with van der Waals surface area (Å²) in [4.78, 5) is 25.8. The molecule has 120 valence electrons. The molecule has 5 nitrogen and oxygen atoms in total. The quantitative estimate of drug-likeness (QED) is 0.825. The molecule has 0 spiro atoms. The zero-order chi connectivity index (χ0) is 15.8. The van der Waals surface area contributed by atoms with Crippen LogP contribution in [0.25, 0.3) is 0 Å². The van der Waals surface area contributed by atoms with Crippen LogP contribution in [-0.2, 0) is 16.0 Å². The van der Waals surface area contributed by atoms with Crippen molar-refractivity contribution < 1.29 is 9.59 Å². The highest BCUT2D eigenvalue weighted by molar-refractivity contribution is 5.83. The van der Waals surface area contributed by atoms with Gasteiger partial charge in [0.2, 0.25) is 11.8 Å². The molecule has 1 unspecified atom stereocenters. The summed E-state index contributed by atoms with van der Waals surface area (Å²) >= 11 is 0. The monoisotopic (exact) mass is 303 g/mol. The van der Waals surface area contributed by atoms with Crippen LogP contribution in [-0.4, -0.2) is 42.4 Å². The van der Waals surface area contributed by atoms with Gasteiger partial charge in [-0.25, -0.2) is 0 Å². The fourth-order valence-corrected chi connectivity index (χ4v) is 2.69. The van der Waals surface area contributed by atoms with Crippen LogP contribution < -0.4 is 11.1 Å². The molecule has 0 aliphatic carbocycles. The van der Waals surface area contributed by atoms with Gasteiger partial charge in [-0.15, -0.1) is 0 Å². The van der Waals surface area contributed by atoms with Gasteiger partial charge >= 0.3 is 0 Å². The van der Waals surface area contributed by atoms with Crippen LogP contribution in [0.4, 0.5) is 0 Å². The standard InChI is InChI=1S/C17H25N3O2/c18-15(13-14-7-3-1-4-8-14)17(22)19-10-9-16(21)20-11-5-2-6-12-20/h1,3-4,7-8,15H,2,5-6,9-13,18H2,(H,19,22). The molecule has 0 aromatic heterocycles. The number of hydrogen-bond donors (Lipinski definition) is 2. The van der Waals surface area contributed by atoms with E-state index < -0.39 is 6.04 Å². The summed E-state index contributed by atoms with van der Waals surface area (Å²) in [5, 5.41) is 2.76. The normalized spacial score (nSPS) is 16.1. The summed E-state index contributed by atoms with van der Waals surface area (Å²) in [5.74, 6) is -0.0769. The molecule has 1 aromatic carbocycles. The Morgan fingerprint density at radius 3 is 2.50 bits per heavy atom. The maximum Gasteiger partial charge on any atom is 0.237 e. The SMILES string of the molecule is NC(Cc1ccccc1)C(=O)NCCC(=O)N1CCCCC1. The van der Waals surface area contributed by atoms with Crippen molar-refractivity contribution >= 4 is 11.8 Å². The zero-order valence-corrected chi connectivity index (χ0v) is 13.0. The van der Waals surface area contributed by atoms with Gasteiger partial charge in [0.25, 0.3) is 0 Å². The average Bonchev–Trinajstić information content (AvgIpc) is 2.56. The number of hydrogen-bond acceptors (Lipinski definition) is 3. The predicted molar refractivity (Wildman–Crippen MR) is 86.2 cm³/mol. The highest BCUT2D eigenvalue weighted by atomic mass is 16.2. The number of piperidine rings is 1. The molecule has 1 aromatic rings. The second-order valence-corrected chi connectivity index (χ2v) is 5.78. The van der Waals surface area contributed by atoms with Gasteiger partial charge in [0.15, 0.2) is 0 Å². The number of amides is 2. The Hall–Kier alpha value is -1.88. The Morgan fingerprint density at radius 2 is 1.82 bits per heavy atom. The van der Waals surface area contributed by atoms with Crippen LogP contribution in [0.1, 0.15) is 31.2 Å². The van der Waals surface area contributed by atoms with Crippen molar-refractivity contribution in [1.82, 2.24) is 10.2 Å². The summed E-state index contributed by atoms with van der Waals surface area (Å²) in [6.45, 7) is 2.05. The van der Waals surface area contributed by atoms with Gasteiger partial charge in [-0.1, -0.05) is 30.3 Å². The summed E-state index contributed by atoms with van der Waals surface area (Å²) < 4.78 is 0. The lowest BCUT2D eigenvalue weighted by Crippen LogP contribution is -2.44. The number of carbonyl (C=O) groups is 2. The van der Waals surface area contributed by atoms with E-state index in [1.54, 1.807) is 0 Å². The molecule has 1 atom stereocenters. The topological polar surface area (TPSA) is 75.4 Å². The summed E-state index contributed by atoms with van der Waals surface area (Å²) in [7, 11) is 0. The van der Waals surface area contributed by atoms with Crippen molar-refractivity contribution in [2.24, 2.45) is 5.73 Å². The molecule has 1 aliphatic heterocycles. The molecule has 22 heavy (non-hydrogen) atoms. The van der Waals surface area contributed by atoms with Crippen LogP contribution in [0, 0.1) is 0 Å². The first-order valence-electron chi connectivity index (χ1n) is 8.02. The lowest BCUT2D eigenvalue weighted by molar-refractivity contribution is -0.132. The van der Waals surface area contributed by atoms with Crippen molar-refractivity contribution in [1.29, 1.82) is 0 Å². The van der Waals surface area contributed by atoms with Gasteiger partial charge in [-0.2, -0.15) is 0 Å². The number of nitrogens with one attached hydrogen (secondary N) is 1. The Labute approximate surface area is 131 Å². The van der Waals surface area contributed by atoms with E-state index in [4.69, 9.17) is 5.73 Å². The van der Waals surface area contributed by atoms with Gasteiger partial charge in [0, 0.05) is 26.1 Å². The van der Waals surface area contributed by atoms with Crippen molar-refractivity contribution in [2.45, 2.75) is 38.1 Å². The van der Waals surface area contributed by atoms with E-state index in [9.17, 15) is 9.59 Å². The first-order chi connectivity index (χ1) is 10.7. The number of benzene rings is 1. The third-order valence-electron chi connectivity index (χ3n) is 3.98. The summed E-state index contributed by atoms with van der Waals surface area (Å²) in [6.07, 6.45) is 4.23. The van der Waals surface area contributed by atoms with E-state index in [0.29, 0.717) is 19.4 Å². The number of carbonyl (C=O) groups excluding carboxylic acids is 2. The van der Waals surface area contributed by atoms with E-state index in [0.717, 1.165) is 31.5 Å². The largest absolute Gasteiger partial charge is 0.354 e. The maximum absolute atomic E-state index is 12.0. The second-order valence-electron chi connectivity index (χ2n) is 5.78. The van der Waals surface area contributed by atoms with Crippen LogP contribution in [0.3, 0.4) is 0 Å². The Kier molecular flexibility index (Phi) is 6.40. The Balaban J connectivity index is 1.67. The molecule has 0 radical (unpaired) electrons. The fraction of sp³-hybridized carbons (Fsp3) is 0.529. The van der Waals surface area contributed by atoms with E-state index in [2.05, 4.69) is 5.32 Å². The van der Waals surface area contributed by atoms with Crippen LogP contribution in [0.5, 0.6) is 0 Å².